The van der Waals surface area contributed by atoms with Gasteiger partial charge in [0.1, 0.15) is 0 Å². The van der Waals surface area contributed by atoms with Crippen LogP contribution in [0.2, 0.25) is 0 Å². The van der Waals surface area contributed by atoms with E-state index in [2.05, 4.69) is 46.4 Å². The van der Waals surface area contributed by atoms with E-state index in [4.69, 9.17) is 4.74 Å². The van der Waals surface area contributed by atoms with Gasteiger partial charge in [0, 0.05) is 31.6 Å². The minimum absolute atomic E-state index is 0.678. The lowest BCUT2D eigenvalue weighted by Gasteiger charge is -2.25. The molecule has 3 rings (SSSR count). The molecule has 1 aliphatic heterocycles. The molecular formula is C19H27N3OS. The Hall–Kier alpha value is -1.27. The maximum Gasteiger partial charge on any atom is 0.0798 e. The third-order valence-electron chi connectivity index (χ3n) is 4.63. The number of aryl methyl sites for hydroxylation is 1. The van der Waals surface area contributed by atoms with Crippen LogP contribution in [0, 0.1) is 12.8 Å². The lowest BCUT2D eigenvalue weighted by molar-refractivity contribution is 0.185. The zero-order valence-electron chi connectivity index (χ0n) is 14.6. The van der Waals surface area contributed by atoms with Crippen molar-refractivity contribution in [3.63, 3.8) is 0 Å². The normalized spacial score (nSPS) is 17.7. The molecule has 5 heteroatoms. The Bertz CT molecular complexity index is 620. The summed E-state index contributed by atoms with van der Waals surface area (Å²) in [6, 6.07) is 8.81. The standard InChI is InChI=1S/C19H27N3OS/c1-15-19(24-14-21-15)12-22(11-18-7-8-20-9-18)10-16-3-5-17(6-4-16)13-23-2/h3-6,14,18,20H,7-13H2,1-2H3/t18-/m0/s1. The van der Waals surface area contributed by atoms with Crippen molar-refractivity contribution in [2.45, 2.75) is 33.0 Å². The molecule has 1 N–H and O–H groups in total. The van der Waals surface area contributed by atoms with Gasteiger partial charge in [0.2, 0.25) is 0 Å². The highest BCUT2D eigenvalue weighted by Crippen LogP contribution is 2.20. The first-order chi connectivity index (χ1) is 11.7. The summed E-state index contributed by atoms with van der Waals surface area (Å²) in [6.45, 7) is 8.21. The maximum atomic E-state index is 5.20. The Balaban J connectivity index is 1.67. The fraction of sp³-hybridized carbons (Fsp3) is 0.526. The summed E-state index contributed by atoms with van der Waals surface area (Å²) in [5.41, 5.74) is 5.72. The van der Waals surface area contributed by atoms with Crippen molar-refractivity contribution in [1.82, 2.24) is 15.2 Å². The number of hydrogen-bond acceptors (Lipinski definition) is 5. The summed E-state index contributed by atoms with van der Waals surface area (Å²) in [6.07, 6.45) is 1.28. The summed E-state index contributed by atoms with van der Waals surface area (Å²) in [5.74, 6) is 0.756. The monoisotopic (exact) mass is 345 g/mol. The molecule has 0 unspecified atom stereocenters. The molecule has 0 saturated carbocycles. The minimum atomic E-state index is 0.678. The predicted molar refractivity (Wildman–Crippen MR) is 99.1 cm³/mol. The number of rotatable bonds is 8. The molecule has 0 bridgehead atoms. The fourth-order valence-corrected chi connectivity index (χ4v) is 4.09. The topological polar surface area (TPSA) is 37.4 Å². The zero-order chi connectivity index (χ0) is 16.8. The second-order valence-corrected chi connectivity index (χ2v) is 7.58. The van der Waals surface area contributed by atoms with Gasteiger partial charge in [-0.25, -0.2) is 4.98 Å². The number of nitrogens with zero attached hydrogens (tertiary/aromatic N) is 2. The summed E-state index contributed by atoms with van der Waals surface area (Å²) in [4.78, 5) is 8.37. The van der Waals surface area contributed by atoms with Crippen LogP contribution >= 0.6 is 11.3 Å². The smallest absolute Gasteiger partial charge is 0.0798 e. The highest BCUT2D eigenvalue weighted by atomic mass is 32.1. The van der Waals surface area contributed by atoms with Crippen molar-refractivity contribution >= 4 is 11.3 Å². The molecule has 1 saturated heterocycles. The van der Waals surface area contributed by atoms with Gasteiger partial charge in [-0.3, -0.25) is 4.90 Å². The van der Waals surface area contributed by atoms with Crippen LogP contribution in [0.4, 0.5) is 0 Å². The minimum Gasteiger partial charge on any atom is -0.380 e. The number of aromatic nitrogens is 1. The van der Waals surface area contributed by atoms with E-state index >= 15 is 0 Å². The third kappa shape index (κ3) is 4.86. The molecule has 0 amide bonds. The first-order valence-electron chi connectivity index (χ1n) is 8.63. The van der Waals surface area contributed by atoms with E-state index in [0.717, 1.165) is 38.6 Å². The van der Waals surface area contributed by atoms with Gasteiger partial charge in [-0.15, -0.1) is 11.3 Å². The molecule has 1 aliphatic rings. The van der Waals surface area contributed by atoms with Crippen LogP contribution in [0.5, 0.6) is 0 Å². The molecule has 130 valence electrons. The van der Waals surface area contributed by atoms with Gasteiger partial charge in [0.05, 0.1) is 17.8 Å². The van der Waals surface area contributed by atoms with Crippen molar-refractivity contribution in [2.24, 2.45) is 5.92 Å². The second kappa shape index (κ2) is 8.72. The van der Waals surface area contributed by atoms with E-state index in [1.54, 1.807) is 18.4 Å². The molecule has 4 nitrogen and oxygen atoms in total. The third-order valence-corrected chi connectivity index (χ3v) is 5.55. The van der Waals surface area contributed by atoms with Crippen molar-refractivity contribution in [3.05, 3.63) is 51.5 Å². The average Bonchev–Trinajstić information content (AvgIpc) is 3.22. The molecule has 0 aliphatic carbocycles. The molecule has 2 aromatic rings. The first-order valence-corrected chi connectivity index (χ1v) is 9.51. The lowest BCUT2D eigenvalue weighted by atomic mass is 10.1. The van der Waals surface area contributed by atoms with E-state index in [0.29, 0.717) is 6.61 Å². The SMILES string of the molecule is COCc1ccc(CN(Cc2scnc2C)C[C@H]2CCNC2)cc1. The van der Waals surface area contributed by atoms with E-state index in [-0.39, 0.29) is 0 Å². The van der Waals surface area contributed by atoms with Crippen molar-refractivity contribution in [1.29, 1.82) is 0 Å². The molecule has 0 radical (unpaired) electrons. The molecule has 1 atom stereocenters. The van der Waals surface area contributed by atoms with Gasteiger partial charge in [-0.2, -0.15) is 0 Å². The Labute approximate surface area is 148 Å². The number of thiazole rings is 1. The largest absolute Gasteiger partial charge is 0.380 e. The van der Waals surface area contributed by atoms with Crippen LogP contribution in [0.1, 0.15) is 28.1 Å². The van der Waals surface area contributed by atoms with E-state index in [9.17, 15) is 0 Å². The van der Waals surface area contributed by atoms with Crippen molar-refractivity contribution in [3.8, 4) is 0 Å². The van der Waals surface area contributed by atoms with Gasteiger partial charge in [0.25, 0.3) is 0 Å². The number of methoxy groups -OCH3 is 1. The van der Waals surface area contributed by atoms with Gasteiger partial charge >= 0.3 is 0 Å². The molecule has 0 spiro atoms. The molecule has 2 heterocycles. The number of nitrogens with one attached hydrogen (secondary N) is 1. The Morgan fingerprint density at radius 2 is 2.04 bits per heavy atom. The number of benzene rings is 1. The van der Waals surface area contributed by atoms with Crippen LogP contribution in [0.25, 0.3) is 0 Å². The van der Waals surface area contributed by atoms with Gasteiger partial charge in [0.15, 0.2) is 0 Å². The highest BCUT2D eigenvalue weighted by Gasteiger charge is 2.19. The van der Waals surface area contributed by atoms with Crippen LogP contribution in [0.15, 0.2) is 29.8 Å². The van der Waals surface area contributed by atoms with Crippen LogP contribution in [-0.2, 0) is 24.4 Å². The van der Waals surface area contributed by atoms with Crippen LogP contribution < -0.4 is 5.32 Å². The molecule has 1 aromatic heterocycles. The van der Waals surface area contributed by atoms with Gasteiger partial charge < -0.3 is 10.1 Å². The molecule has 24 heavy (non-hydrogen) atoms. The molecule has 1 aromatic carbocycles. The predicted octanol–water partition coefficient (Wildman–Crippen LogP) is 3.21. The maximum absolute atomic E-state index is 5.20. The van der Waals surface area contributed by atoms with Crippen LogP contribution in [-0.4, -0.2) is 36.6 Å². The second-order valence-electron chi connectivity index (χ2n) is 6.64. The van der Waals surface area contributed by atoms with E-state index in [1.807, 2.05) is 5.51 Å². The number of hydrogen-bond donors (Lipinski definition) is 1. The van der Waals surface area contributed by atoms with Gasteiger partial charge in [-0.05, 0) is 43.5 Å². The van der Waals surface area contributed by atoms with Crippen LogP contribution in [0.3, 0.4) is 0 Å². The Kier molecular flexibility index (Phi) is 6.37. The Morgan fingerprint density at radius 1 is 1.25 bits per heavy atom. The quantitative estimate of drug-likeness (QED) is 0.797. The highest BCUT2D eigenvalue weighted by molar-refractivity contribution is 7.09. The molecule has 1 fully saturated rings. The summed E-state index contributed by atoms with van der Waals surface area (Å²) in [7, 11) is 1.74. The zero-order valence-corrected chi connectivity index (χ0v) is 15.4. The van der Waals surface area contributed by atoms with Crippen molar-refractivity contribution in [2.75, 3.05) is 26.7 Å². The van der Waals surface area contributed by atoms with Crippen molar-refractivity contribution < 1.29 is 4.74 Å². The average molecular weight is 346 g/mol. The van der Waals surface area contributed by atoms with E-state index < -0.39 is 0 Å². The lowest BCUT2D eigenvalue weighted by Crippen LogP contribution is -2.30. The summed E-state index contributed by atoms with van der Waals surface area (Å²) >= 11 is 1.77. The molecular weight excluding hydrogens is 318 g/mol. The first kappa shape index (κ1) is 17.5. The summed E-state index contributed by atoms with van der Waals surface area (Å²) < 4.78 is 5.20. The number of ether oxygens (including phenoxy) is 1. The fourth-order valence-electron chi connectivity index (χ4n) is 3.27. The van der Waals surface area contributed by atoms with Gasteiger partial charge in [-0.1, -0.05) is 24.3 Å². The summed E-state index contributed by atoms with van der Waals surface area (Å²) in [5, 5.41) is 3.48. The Morgan fingerprint density at radius 3 is 2.67 bits per heavy atom. The van der Waals surface area contributed by atoms with E-state index in [1.165, 1.54) is 28.1 Å².